The van der Waals surface area contributed by atoms with E-state index in [1.165, 1.54) is 0 Å². The van der Waals surface area contributed by atoms with Crippen molar-refractivity contribution in [3.8, 4) is 0 Å². The van der Waals surface area contributed by atoms with E-state index in [-0.39, 0.29) is 29.8 Å². The number of nitrogens with one attached hydrogen (secondary N) is 2. The van der Waals surface area contributed by atoms with Gasteiger partial charge >= 0.3 is 5.97 Å². The summed E-state index contributed by atoms with van der Waals surface area (Å²) in [4.78, 5) is 25.3. The minimum absolute atomic E-state index is 0.0296. The molecule has 2 aromatic carbocycles. The Labute approximate surface area is 198 Å². The molecule has 3 aromatic rings. The highest BCUT2D eigenvalue weighted by atomic mass is 16.5. The first-order valence-corrected chi connectivity index (χ1v) is 11.7. The number of amidine groups is 1. The molecule has 0 bridgehead atoms. The Morgan fingerprint density at radius 1 is 1.06 bits per heavy atom. The van der Waals surface area contributed by atoms with Crippen LogP contribution in [-0.2, 0) is 11.3 Å². The molecule has 1 aromatic heterocycles. The molecule has 1 heterocycles. The van der Waals surface area contributed by atoms with Crippen molar-refractivity contribution in [2.45, 2.75) is 51.2 Å². The fraction of sp³-hybridized carbons (Fsp3) is 0.346. The Morgan fingerprint density at radius 2 is 1.74 bits per heavy atom. The SMILES string of the molecule is CCOC(=O)c1ccc(Cn2c(C(=O)NC3CCC(N)CC3)cc3ccc(C(=N)N)cc32)cc1. The first-order valence-electron chi connectivity index (χ1n) is 11.7. The van der Waals surface area contributed by atoms with Crippen molar-refractivity contribution in [3.63, 3.8) is 0 Å². The molecule has 178 valence electrons. The summed E-state index contributed by atoms with van der Waals surface area (Å²) >= 11 is 0. The molecule has 6 N–H and O–H groups in total. The maximum Gasteiger partial charge on any atom is 0.338 e. The molecular formula is C26H31N5O3. The topological polar surface area (TPSA) is 136 Å². The normalized spacial score (nSPS) is 17.9. The van der Waals surface area contributed by atoms with Gasteiger partial charge in [-0.05, 0) is 62.4 Å². The van der Waals surface area contributed by atoms with Crippen molar-refractivity contribution in [2.24, 2.45) is 11.5 Å². The van der Waals surface area contributed by atoms with E-state index < -0.39 is 0 Å². The van der Waals surface area contributed by atoms with Gasteiger partial charge in [0.05, 0.1) is 12.2 Å². The first-order chi connectivity index (χ1) is 16.4. The van der Waals surface area contributed by atoms with Crippen LogP contribution in [0, 0.1) is 5.41 Å². The number of esters is 1. The number of carbonyl (C=O) groups is 2. The number of fused-ring (bicyclic) bond motifs is 1. The van der Waals surface area contributed by atoms with Gasteiger partial charge in [-0.2, -0.15) is 0 Å². The van der Waals surface area contributed by atoms with Crippen molar-refractivity contribution in [1.82, 2.24) is 9.88 Å². The number of benzene rings is 2. The lowest BCUT2D eigenvalue weighted by Gasteiger charge is -2.27. The van der Waals surface area contributed by atoms with E-state index in [2.05, 4.69) is 5.32 Å². The highest BCUT2D eigenvalue weighted by Gasteiger charge is 2.23. The van der Waals surface area contributed by atoms with E-state index in [4.69, 9.17) is 21.6 Å². The second-order valence-corrected chi connectivity index (χ2v) is 8.81. The number of hydrogen-bond acceptors (Lipinski definition) is 5. The summed E-state index contributed by atoms with van der Waals surface area (Å²) in [6.45, 7) is 2.51. The van der Waals surface area contributed by atoms with Gasteiger partial charge in [-0.3, -0.25) is 10.2 Å². The van der Waals surface area contributed by atoms with Gasteiger partial charge in [-0.25, -0.2) is 4.79 Å². The number of nitrogens with zero attached hydrogens (tertiary/aromatic N) is 1. The number of amides is 1. The molecule has 1 aliphatic rings. The van der Waals surface area contributed by atoms with Gasteiger partial charge < -0.3 is 26.1 Å². The van der Waals surface area contributed by atoms with Crippen molar-refractivity contribution in [1.29, 1.82) is 5.41 Å². The van der Waals surface area contributed by atoms with Crippen LogP contribution in [0.4, 0.5) is 0 Å². The van der Waals surface area contributed by atoms with Gasteiger partial charge in [0.1, 0.15) is 11.5 Å². The smallest absolute Gasteiger partial charge is 0.338 e. The molecule has 0 aliphatic heterocycles. The monoisotopic (exact) mass is 461 g/mol. The van der Waals surface area contributed by atoms with Crippen molar-refractivity contribution >= 4 is 28.6 Å². The fourth-order valence-corrected chi connectivity index (χ4v) is 4.45. The maximum atomic E-state index is 13.3. The molecule has 1 amide bonds. The molecule has 1 saturated carbocycles. The molecule has 34 heavy (non-hydrogen) atoms. The number of rotatable bonds is 7. The number of hydrogen-bond donors (Lipinski definition) is 4. The van der Waals surface area contributed by atoms with Crippen LogP contribution in [0.25, 0.3) is 10.9 Å². The van der Waals surface area contributed by atoms with Crippen LogP contribution in [0.15, 0.2) is 48.5 Å². The summed E-state index contributed by atoms with van der Waals surface area (Å²) in [5, 5.41) is 11.9. The zero-order valence-electron chi connectivity index (χ0n) is 19.3. The summed E-state index contributed by atoms with van der Waals surface area (Å²) in [5.74, 6) is -0.527. The van der Waals surface area contributed by atoms with E-state index >= 15 is 0 Å². The summed E-state index contributed by atoms with van der Waals surface area (Å²) in [6.07, 6.45) is 3.55. The predicted octanol–water partition coefficient (Wildman–Crippen LogP) is 3.15. The highest BCUT2D eigenvalue weighted by Crippen LogP contribution is 2.24. The number of nitrogens with two attached hydrogens (primary N) is 2. The summed E-state index contributed by atoms with van der Waals surface area (Å²) < 4.78 is 6.99. The van der Waals surface area contributed by atoms with Gasteiger partial charge in [0.2, 0.25) is 0 Å². The molecule has 0 atom stereocenters. The minimum atomic E-state index is -0.362. The van der Waals surface area contributed by atoms with E-state index in [9.17, 15) is 9.59 Å². The molecular weight excluding hydrogens is 430 g/mol. The quantitative estimate of drug-likeness (QED) is 0.243. The molecule has 8 heteroatoms. The Morgan fingerprint density at radius 3 is 2.38 bits per heavy atom. The van der Waals surface area contributed by atoms with Crippen LogP contribution in [0.2, 0.25) is 0 Å². The molecule has 1 fully saturated rings. The molecule has 0 spiro atoms. The van der Waals surface area contributed by atoms with E-state index in [1.54, 1.807) is 25.1 Å². The van der Waals surface area contributed by atoms with E-state index in [1.807, 2.05) is 34.9 Å². The third-order valence-corrected chi connectivity index (χ3v) is 6.36. The van der Waals surface area contributed by atoms with Crippen LogP contribution in [0.5, 0.6) is 0 Å². The Balaban J connectivity index is 1.66. The number of aromatic nitrogens is 1. The second kappa shape index (κ2) is 10.1. The van der Waals surface area contributed by atoms with Crippen molar-refractivity contribution in [3.05, 3.63) is 70.9 Å². The zero-order valence-corrected chi connectivity index (χ0v) is 19.3. The molecule has 1 aliphatic carbocycles. The van der Waals surface area contributed by atoms with Crippen LogP contribution in [0.3, 0.4) is 0 Å². The third-order valence-electron chi connectivity index (χ3n) is 6.36. The Bertz CT molecular complexity index is 1210. The van der Waals surface area contributed by atoms with E-state index in [0.717, 1.165) is 42.1 Å². The van der Waals surface area contributed by atoms with Gasteiger partial charge in [0.25, 0.3) is 5.91 Å². The average molecular weight is 462 g/mol. The molecule has 0 saturated heterocycles. The van der Waals surface area contributed by atoms with E-state index in [0.29, 0.717) is 30.0 Å². The van der Waals surface area contributed by atoms with Gasteiger partial charge in [0, 0.05) is 35.1 Å². The van der Waals surface area contributed by atoms with Crippen LogP contribution in [0.1, 0.15) is 64.6 Å². The summed E-state index contributed by atoms with van der Waals surface area (Å²) in [5.41, 5.74) is 15.1. The Hall–Kier alpha value is -3.65. The largest absolute Gasteiger partial charge is 0.462 e. The third kappa shape index (κ3) is 5.12. The lowest BCUT2D eigenvalue weighted by atomic mass is 9.92. The van der Waals surface area contributed by atoms with Gasteiger partial charge in [-0.15, -0.1) is 0 Å². The fourth-order valence-electron chi connectivity index (χ4n) is 4.45. The van der Waals surface area contributed by atoms with Crippen LogP contribution < -0.4 is 16.8 Å². The molecule has 0 radical (unpaired) electrons. The van der Waals surface area contributed by atoms with Crippen molar-refractivity contribution in [2.75, 3.05) is 6.61 Å². The lowest BCUT2D eigenvalue weighted by Crippen LogP contribution is -2.41. The van der Waals surface area contributed by atoms with Crippen molar-refractivity contribution < 1.29 is 14.3 Å². The maximum absolute atomic E-state index is 13.3. The number of carbonyl (C=O) groups excluding carboxylic acids is 2. The van der Waals surface area contributed by atoms with Crippen LogP contribution >= 0.6 is 0 Å². The lowest BCUT2D eigenvalue weighted by molar-refractivity contribution is 0.0526. The summed E-state index contributed by atoms with van der Waals surface area (Å²) in [7, 11) is 0. The number of nitrogen functional groups attached to an aromatic ring is 1. The Kier molecular flexibility index (Phi) is 6.98. The predicted molar refractivity (Wildman–Crippen MR) is 132 cm³/mol. The standard InChI is InChI=1S/C26H31N5O3/c1-2-34-26(33)17-5-3-16(4-6-17)15-31-22-14-19(24(28)29)8-7-18(22)13-23(31)25(32)30-21-11-9-20(27)10-12-21/h3-8,13-14,20-21H,2,9-12,15,27H2,1H3,(H3,28,29)(H,30,32). The average Bonchev–Trinajstić information content (AvgIpc) is 3.19. The minimum Gasteiger partial charge on any atom is -0.462 e. The highest BCUT2D eigenvalue weighted by molar-refractivity contribution is 6.02. The van der Waals surface area contributed by atoms with Gasteiger partial charge in [-0.1, -0.05) is 24.3 Å². The molecule has 8 nitrogen and oxygen atoms in total. The first kappa shape index (κ1) is 23.5. The number of ether oxygens (including phenoxy) is 1. The zero-order chi connectivity index (χ0) is 24.2. The van der Waals surface area contributed by atoms with Crippen LogP contribution in [-0.4, -0.2) is 41.0 Å². The second-order valence-electron chi connectivity index (χ2n) is 8.81. The van der Waals surface area contributed by atoms with Gasteiger partial charge in [0.15, 0.2) is 0 Å². The molecule has 0 unspecified atom stereocenters. The molecule has 4 rings (SSSR count). The summed E-state index contributed by atoms with van der Waals surface area (Å²) in [6, 6.07) is 14.9.